The van der Waals surface area contributed by atoms with Crippen molar-refractivity contribution in [3.63, 3.8) is 0 Å². The van der Waals surface area contributed by atoms with Crippen molar-refractivity contribution in [3.05, 3.63) is 24.3 Å². The van der Waals surface area contributed by atoms with Gasteiger partial charge < -0.3 is 0 Å². The minimum atomic E-state index is -2.19. The van der Waals surface area contributed by atoms with Gasteiger partial charge in [0.15, 0.2) is 0 Å². The number of rotatable bonds is 3. The molecule has 0 aliphatic heterocycles. The van der Waals surface area contributed by atoms with E-state index in [4.69, 9.17) is 0 Å². The van der Waals surface area contributed by atoms with E-state index in [2.05, 4.69) is 9.97 Å². The van der Waals surface area contributed by atoms with E-state index >= 15 is 0 Å². The van der Waals surface area contributed by atoms with Crippen molar-refractivity contribution in [2.75, 3.05) is 0 Å². The molecule has 4 nitrogen and oxygen atoms in total. The Morgan fingerprint density at radius 1 is 1.43 bits per heavy atom. The van der Waals surface area contributed by atoms with Crippen molar-refractivity contribution in [3.8, 4) is 0 Å². The summed E-state index contributed by atoms with van der Waals surface area (Å²) in [5.74, 6) is 0. The Morgan fingerprint density at radius 2 is 2.14 bits per heavy atom. The van der Waals surface area contributed by atoms with Crippen molar-refractivity contribution >= 4 is 44.7 Å². The molecule has 0 spiro atoms. The van der Waals surface area contributed by atoms with E-state index in [0.717, 1.165) is 6.42 Å². The Morgan fingerprint density at radius 3 is 2.57 bits per heavy atom. The number of hydrogen-bond acceptors (Lipinski definition) is 4. The molecule has 0 saturated heterocycles. The van der Waals surface area contributed by atoms with Gasteiger partial charge in [0.2, 0.25) is 10.3 Å². The van der Waals surface area contributed by atoms with Crippen LogP contribution in [0.25, 0.3) is 0 Å². The van der Waals surface area contributed by atoms with Gasteiger partial charge in [0, 0.05) is 12.4 Å². The van der Waals surface area contributed by atoms with Gasteiger partial charge in [0.05, 0.1) is 16.8 Å². The molecule has 0 aromatic carbocycles. The van der Waals surface area contributed by atoms with Gasteiger partial charge in [0.1, 0.15) is 0 Å². The molecular weight excluding hydrogens is 211 g/mol. The van der Waals surface area contributed by atoms with Crippen LogP contribution in [-0.2, 0) is 10.3 Å². The Bertz CT molecular complexity index is 395. The van der Waals surface area contributed by atoms with Gasteiger partial charge in [-0.1, -0.05) is 13.3 Å². The van der Waals surface area contributed by atoms with Crippen LogP contribution in [0.2, 0.25) is 0 Å². The molecule has 0 aliphatic carbocycles. The molecular formula is C8H11N2NaO2S. The fourth-order valence-electron chi connectivity index (χ4n) is 0.967. The van der Waals surface area contributed by atoms with Crippen LogP contribution in [0.1, 0.15) is 25.5 Å². The molecule has 0 radical (unpaired) electrons. The predicted octanol–water partition coefficient (Wildman–Crippen LogP) is 0.0278. The van der Waals surface area contributed by atoms with Crippen LogP contribution in [0.5, 0.6) is 0 Å². The van der Waals surface area contributed by atoms with Gasteiger partial charge in [0.25, 0.3) is 0 Å². The molecule has 14 heavy (non-hydrogen) atoms. The fraction of sp³-hybridized carbons (Fsp3) is 0.375. The minimum absolute atomic E-state index is 0. The summed E-state index contributed by atoms with van der Waals surface area (Å²) in [6, 6.07) is 0. The van der Waals surface area contributed by atoms with Crippen molar-refractivity contribution in [2.45, 2.75) is 19.8 Å². The summed E-state index contributed by atoms with van der Waals surface area (Å²) in [6.07, 6.45) is 5.74. The molecule has 0 amide bonds. The maximum absolute atomic E-state index is 10.8. The predicted molar refractivity (Wildman–Crippen MR) is 57.1 cm³/mol. The van der Waals surface area contributed by atoms with Crippen LogP contribution in [0.15, 0.2) is 18.6 Å². The molecule has 0 saturated carbocycles. The zero-order chi connectivity index (χ0) is 9.68. The normalized spacial score (nSPS) is 8.93. The van der Waals surface area contributed by atoms with E-state index in [1.165, 1.54) is 18.6 Å². The van der Waals surface area contributed by atoms with Gasteiger partial charge in [-0.05, 0) is 6.42 Å². The third kappa shape index (κ3) is 3.88. The van der Waals surface area contributed by atoms with Gasteiger partial charge in [-0.15, -0.1) is 0 Å². The molecule has 0 atom stereocenters. The average Bonchev–Trinajstić information content (AvgIpc) is 2.15. The number of nitrogens with zero attached hydrogens (tertiary/aromatic N) is 2. The summed E-state index contributed by atoms with van der Waals surface area (Å²) < 4.78 is 21.6. The Hall–Kier alpha value is -0.230. The first-order valence-electron chi connectivity index (χ1n) is 3.97. The van der Waals surface area contributed by atoms with Crippen LogP contribution < -0.4 is 0 Å². The molecule has 72 valence electrons. The summed E-state index contributed by atoms with van der Waals surface area (Å²) in [4.78, 5) is 8.07. The van der Waals surface area contributed by atoms with Crippen molar-refractivity contribution in [2.24, 2.45) is 0 Å². The van der Waals surface area contributed by atoms with E-state index in [9.17, 15) is 8.42 Å². The maximum atomic E-state index is 10.8. The molecule has 1 rings (SSSR count). The topological polar surface area (TPSA) is 59.9 Å². The van der Waals surface area contributed by atoms with Crippen LogP contribution in [0.3, 0.4) is 0 Å². The van der Waals surface area contributed by atoms with Gasteiger partial charge in [-0.25, -0.2) is 0 Å². The Labute approximate surface area is 107 Å². The third-order valence-corrected chi connectivity index (χ3v) is 2.34. The Kier molecular flexibility index (Phi) is 7.00. The molecule has 6 heteroatoms. The second-order valence-corrected chi connectivity index (χ2v) is 3.46. The number of hydrogen-bond donors (Lipinski definition) is 0. The summed E-state index contributed by atoms with van der Waals surface area (Å²) in [7, 11) is -2.19. The zero-order valence-electron chi connectivity index (χ0n) is 7.27. The van der Waals surface area contributed by atoms with E-state index in [1.807, 2.05) is 6.92 Å². The molecule has 1 aromatic rings. The summed E-state index contributed by atoms with van der Waals surface area (Å²) >= 11 is 0. The Balaban J connectivity index is 0.00000169. The van der Waals surface area contributed by atoms with Crippen LogP contribution in [0, 0.1) is 0 Å². The molecule has 0 unspecified atom stereocenters. The van der Waals surface area contributed by atoms with Gasteiger partial charge in [-0.3, -0.25) is 9.97 Å². The molecule has 0 aliphatic rings. The third-order valence-electron chi connectivity index (χ3n) is 1.53. The van der Waals surface area contributed by atoms with Crippen LogP contribution >= 0.6 is 0 Å². The van der Waals surface area contributed by atoms with Crippen molar-refractivity contribution in [1.82, 2.24) is 9.97 Å². The van der Waals surface area contributed by atoms with E-state index in [0.29, 0.717) is 17.0 Å². The van der Waals surface area contributed by atoms with Gasteiger partial charge in [-0.2, -0.15) is 8.42 Å². The van der Waals surface area contributed by atoms with Crippen molar-refractivity contribution < 1.29 is 8.42 Å². The SMILES string of the molecule is CCCC(c1cnccn1)=S(=O)=O.[NaH]. The summed E-state index contributed by atoms with van der Waals surface area (Å²) in [5.41, 5.74) is 0.442. The first kappa shape index (κ1) is 13.8. The van der Waals surface area contributed by atoms with E-state index in [1.54, 1.807) is 0 Å². The second kappa shape index (κ2) is 7.11. The second-order valence-electron chi connectivity index (χ2n) is 2.50. The first-order chi connectivity index (χ1) is 6.25. The number of aromatic nitrogens is 2. The molecule has 0 bridgehead atoms. The van der Waals surface area contributed by atoms with Crippen LogP contribution in [-0.4, -0.2) is 52.8 Å². The molecule has 1 heterocycles. The van der Waals surface area contributed by atoms with Crippen molar-refractivity contribution in [1.29, 1.82) is 0 Å². The zero-order valence-corrected chi connectivity index (χ0v) is 8.08. The standard InChI is InChI=1S/C8H10N2O2S.Na.H/c1-2-3-8(13(11)12)7-6-9-4-5-10-7;;/h4-6H,2-3H2,1H3;;. The summed E-state index contributed by atoms with van der Waals surface area (Å²) in [6.45, 7) is 1.92. The fourth-order valence-corrected chi connectivity index (χ4v) is 1.61. The van der Waals surface area contributed by atoms with Crippen LogP contribution in [0.4, 0.5) is 0 Å². The molecule has 1 aromatic heterocycles. The quantitative estimate of drug-likeness (QED) is 0.411. The molecule has 0 fully saturated rings. The summed E-state index contributed by atoms with van der Waals surface area (Å²) in [5, 5.41) is 0. The van der Waals surface area contributed by atoms with E-state index < -0.39 is 10.3 Å². The molecule has 0 N–H and O–H groups in total. The average molecular weight is 222 g/mol. The monoisotopic (exact) mass is 222 g/mol. The van der Waals surface area contributed by atoms with E-state index in [-0.39, 0.29) is 29.6 Å². The van der Waals surface area contributed by atoms with Gasteiger partial charge >= 0.3 is 29.6 Å². The first-order valence-corrected chi connectivity index (χ1v) is 5.04.